The highest BCUT2D eigenvalue weighted by Gasteiger charge is 2.34. The van der Waals surface area contributed by atoms with Gasteiger partial charge in [-0.05, 0) is 49.9 Å². The van der Waals surface area contributed by atoms with Crippen LogP contribution in [0.2, 0.25) is 0 Å². The molecule has 1 saturated carbocycles. The molecule has 0 aromatic heterocycles. The second-order valence-electron chi connectivity index (χ2n) is 7.63. The van der Waals surface area contributed by atoms with Gasteiger partial charge in [-0.2, -0.15) is 0 Å². The van der Waals surface area contributed by atoms with Crippen molar-refractivity contribution in [3.8, 4) is 0 Å². The third kappa shape index (κ3) is 4.24. The van der Waals surface area contributed by atoms with Crippen molar-refractivity contribution in [2.45, 2.75) is 32.1 Å². The van der Waals surface area contributed by atoms with Crippen molar-refractivity contribution >= 4 is 17.5 Å². The molecular formula is C20H28N2O4. The number of nitrogens with zero attached hydrogens (tertiary/aromatic N) is 1. The van der Waals surface area contributed by atoms with Crippen LogP contribution in [0, 0.1) is 11.3 Å². The van der Waals surface area contributed by atoms with E-state index in [4.69, 9.17) is 4.74 Å². The third-order valence-electron chi connectivity index (χ3n) is 5.68. The zero-order valence-electron chi connectivity index (χ0n) is 15.4. The van der Waals surface area contributed by atoms with Gasteiger partial charge in [-0.25, -0.2) is 0 Å². The Balaban J connectivity index is 1.58. The summed E-state index contributed by atoms with van der Waals surface area (Å²) in [5.41, 5.74) is 1.02. The summed E-state index contributed by atoms with van der Waals surface area (Å²) in [6, 6.07) is 7.03. The number of ether oxygens (including phenoxy) is 1. The van der Waals surface area contributed by atoms with Crippen LogP contribution in [0.25, 0.3) is 0 Å². The van der Waals surface area contributed by atoms with E-state index in [9.17, 15) is 14.7 Å². The predicted octanol–water partition coefficient (Wildman–Crippen LogP) is 2.29. The van der Waals surface area contributed by atoms with Crippen LogP contribution < -0.4 is 5.32 Å². The maximum absolute atomic E-state index is 12.7. The summed E-state index contributed by atoms with van der Waals surface area (Å²) in [5.74, 6) is 0.120. The summed E-state index contributed by atoms with van der Waals surface area (Å²) < 4.78 is 5.38. The maximum atomic E-state index is 12.7. The van der Waals surface area contributed by atoms with Gasteiger partial charge in [0, 0.05) is 49.4 Å². The molecule has 2 amide bonds. The van der Waals surface area contributed by atoms with E-state index < -0.39 is 0 Å². The minimum absolute atomic E-state index is 0.0557. The zero-order chi connectivity index (χ0) is 18.6. The normalized spacial score (nSPS) is 19.5. The number of aliphatic hydroxyl groups is 1. The summed E-state index contributed by atoms with van der Waals surface area (Å²) in [7, 11) is 1.77. The number of nitrogens with one attached hydrogen (secondary N) is 1. The molecule has 6 nitrogen and oxygen atoms in total. The smallest absolute Gasteiger partial charge is 0.253 e. The number of aliphatic hydroxyl groups excluding tert-OH is 1. The third-order valence-corrected chi connectivity index (χ3v) is 5.68. The molecular weight excluding hydrogens is 332 g/mol. The minimum Gasteiger partial charge on any atom is -0.396 e. The molecule has 1 aromatic rings. The van der Waals surface area contributed by atoms with Gasteiger partial charge in [0.2, 0.25) is 5.91 Å². The topological polar surface area (TPSA) is 78.9 Å². The van der Waals surface area contributed by atoms with Crippen LogP contribution in [-0.4, -0.2) is 55.2 Å². The first-order valence-electron chi connectivity index (χ1n) is 9.38. The molecule has 1 heterocycles. The number of rotatable bonds is 6. The molecule has 0 bridgehead atoms. The van der Waals surface area contributed by atoms with Gasteiger partial charge in [-0.1, -0.05) is 6.42 Å². The summed E-state index contributed by atoms with van der Waals surface area (Å²) in [4.78, 5) is 26.4. The van der Waals surface area contributed by atoms with Gasteiger partial charge in [0.25, 0.3) is 5.91 Å². The Morgan fingerprint density at radius 3 is 2.42 bits per heavy atom. The summed E-state index contributed by atoms with van der Waals surface area (Å²) in [6.07, 6.45) is 4.56. The highest BCUT2D eigenvalue weighted by molar-refractivity contribution is 5.96. The van der Waals surface area contributed by atoms with Crippen molar-refractivity contribution in [2.75, 3.05) is 38.7 Å². The van der Waals surface area contributed by atoms with Crippen LogP contribution in [0.1, 0.15) is 42.5 Å². The zero-order valence-corrected chi connectivity index (χ0v) is 15.4. The molecule has 142 valence electrons. The Kier molecular flexibility index (Phi) is 5.94. The number of carbonyl (C=O) groups excluding carboxylic acids is 2. The van der Waals surface area contributed by atoms with Crippen molar-refractivity contribution in [3.63, 3.8) is 0 Å². The molecule has 2 fully saturated rings. The van der Waals surface area contributed by atoms with E-state index in [0.717, 1.165) is 37.8 Å². The Labute approximate surface area is 154 Å². The summed E-state index contributed by atoms with van der Waals surface area (Å²) >= 11 is 0. The summed E-state index contributed by atoms with van der Waals surface area (Å²) in [5, 5.41) is 12.7. The van der Waals surface area contributed by atoms with Gasteiger partial charge < -0.3 is 20.1 Å². The lowest BCUT2D eigenvalue weighted by molar-refractivity contribution is -0.122. The Bertz CT molecular complexity index is 634. The van der Waals surface area contributed by atoms with Gasteiger partial charge in [-0.15, -0.1) is 0 Å². The van der Waals surface area contributed by atoms with Crippen LogP contribution in [0.5, 0.6) is 0 Å². The Hall–Kier alpha value is -1.92. The SMILES string of the molecule is CN(CC1(CO)CCOCC1)C(=O)c1ccc(NC(=O)C2CCC2)cc1. The van der Waals surface area contributed by atoms with Crippen LogP contribution >= 0.6 is 0 Å². The molecule has 1 aliphatic carbocycles. The van der Waals surface area contributed by atoms with Crippen LogP contribution in [0.3, 0.4) is 0 Å². The Morgan fingerprint density at radius 1 is 1.23 bits per heavy atom. The second kappa shape index (κ2) is 8.18. The molecule has 3 rings (SSSR count). The van der Waals surface area contributed by atoms with Gasteiger partial charge in [0.15, 0.2) is 0 Å². The molecule has 1 aromatic carbocycles. The van der Waals surface area contributed by atoms with Gasteiger partial charge in [-0.3, -0.25) is 9.59 Å². The quantitative estimate of drug-likeness (QED) is 0.816. The number of carbonyl (C=O) groups is 2. The molecule has 2 aliphatic rings. The molecule has 6 heteroatoms. The lowest BCUT2D eigenvalue weighted by Gasteiger charge is -2.38. The molecule has 0 spiro atoms. The van der Waals surface area contributed by atoms with Crippen molar-refractivity contribution in [3.05, 3.63) is 29.8 Å². The van der Waals surface area contributed by atoms with Crippen molar-refractivity contribution < 1.29 is 19.4 Å². The average Bonchev–Trinajstić information content (AvgIpc) is 2.61. The number of benzene rings is 1. The minimum atomic E-state index is -0.278. The average molecular weight is 360 g/mol. The molecule has 2 N–H and O–H groups in total. The highest BCUT2D eigenvalue weighted by atomic mass is 16.5. The predicted molar refractivity (Wildman–Crippen MR) is 98.9 cm³/mol. The second-order valence-corrected chi connectivity index (χ2v) is 7.63. The van der Waals surface area contributed by atoms with E-state index in [1.807, 2.05) is 0 Å². The molecule has 0 radical (unpaired) electrons. The van der Waals surface area contributed by atoms with E-state index in [-0.39, 0.29) is 29.8 Å². The van der Waals surface area contributed by atoms with Crippen molar-refractivity contribution in [1.82, 2.24) is 4.90 Å². The van der Waals surface area contributed by atoms with E-state index in [2.05, 4.69) is 5.32 Å². The fourth-order valence-electron chi connectivity index (χ4n) is 3.58. The van der Waals surface area contributed by atoms with E-state index >= 15 is 0 Å². The van der Waals surface area contributed by atoms with Crippen LogP contribution in [0.15, 0.2) is 24.3 Å². The fourth-order valence-corrected chi connectivity index (χ4v) is 3.58. The van der Waals surface area contributed by atoms with Crippen LogP contribution in [-0.2, 0) is 9.53 Å². The Morgan fingerprint density at radius 2 is 1.88 bits per heavy atom. The van der Waals surface area contributed by atoms with Crippen molar-refractivity contribution in [2.24, 2.45) is 11.3 Å². The van der Waals surface area contributed by atoms with E-state index in [0.29, 0.717) is 25.3 Å². The summed E-state index contributed by atoms with van der Waals surface area (Å²) in [6.45, 7) is 1.81. The van der Waals surface area contributed by atoms with Gasteiger partial charge in [0.1, 0.15) is 0 Å². The fraction of sp³-hybridized carbons (Fsp3) is 0.600. The molecule has 26 heavy (non-hydrogen) atoms. The first kappa shape index (κ1) is 18.9. The first-order chi connectivity index (χ1) is 12.5. The molecule has 1 saturated heterocycles. The maximum Gasteiger partial charge on any atom is 0.253 e. The number of hydrogen-bond donors (Lipinski definition) is 2. The highest BCUT2D eigenvalue weighted by Crippen LogP contribution is 2.31. The van der Waals surface area contributed by atoms with Crippen LogP contribution in [0.4, 0.5) is 5.69 Å². The van der Waals surface area contributed by atoms with Crippen molar-refractivity contribution in [1.29, 1.82) is 0 Å². The van der Waals surface area contributed by atoms with E-state index in [1.165, 1.54) is 0 Å². The molecule has 0 atom stereocenters. The lowest BCUT2D eigenvalue weighted by Crippen LogP contribution is -2.44. The van der Waals surface area contributed by atoms with E-state index in [1.54, 1.807) is 36.2 Å². The first-order valence-corrected chi connectivity index (χ1v) is 9.38. The number of hydrogen-bond acceptors (Lipinski definition) is 4. The molecule has 0 unspecified atom stereocenters. The largest absolute Gasteiger partial charge is 0.396 e. The molecule has 1 aliphatic heterocycles. The number of amides is 2. The standard InChI is InChI=1S/C20H28N2O4/c1-22(13-20(14-23)9-11-26-12-10-20)19(25)16-5-7-17(8-6-16)21-18(24)15-3-2-4-15/h5-8,15,23H,2-4,9-14H2,1H3,(H,21,24). The van der Waals surface area contributed by atoms with Gasteiger partial charge >= 0.3 is 0 Å². The lowest BCUT2D eigenvalue weighted by atomic mass is 9.80. The monoisotopic (exact) mass is 360 g/mol. The van der Waals surface area contributed by atoms with Gasteiger partial charge in [0.05, 0.1) is 6.61 Å². The number of anilines is 1.